The third kappa shape index (κ3) is 4.81. The van der Waals surface area contributed by atoms with E-state index < -0.39 is 0 Å². The summed E-state index contributed by atoms with van der Waals surface area (Å²) in [4.78, 5) is 30.0. The van der Waals surface area contributed by atoms with Gasteiger partial charge in [0.1, 0.15) is 5.82 Å². The first-order valence-electron chi connectivity index (χ1n) is 8.93. The molecule has 0 bridgehead atoms. The molecular weight excluding hydrogens is 328 g/mol. The molecule has 3 rings (SSSR count). The Morgan fingerprint density at radius 1 is 0.962 bits per heavy atom. The van der Waals surface area contributed by atoms with E-state index >= 15 is 0 Å². The van der Waals surface area contributed by atoms with E-state index in [0.29, 0.717) is 18.7 Å². The van der Waals surface area contributed by atoms with E-state index in [1.54, 1.807) is 12.1 Å². The van der Waals surface area contributed by atoms with Crippen LogP contribution in [0.5, 0.6) is 0 Å². The molecule has 26 heavy (non-hydrogen) atoms. The van der Waals surface area contributed by atoms with Crippen molar-refractivity contribution in [1.82, 2.24) is 15.6 Å². The summed E-state index contributed by atoms with van der Waals surface area (Å²) in [7, 11) is 0. The number of amides is 2. The minimum Gasteiger partial charge on any atom is -0.357 e. The van der Waals surface area contributed by atoms with E-state index in [1.165, 1.54) is 19.8 Å². The first-order chi connectivity index (χ1) is 12.6. The molecule has 1 aliphatic heterocycles. The van der Waals surface area contributed by atoms with Crippen molar-refractivity contribution >= 4 is 17.6 Å². The summed E-state index contributed by atoms with van der Waals surface area (Å²) in [6.07, 6.45) is 4.27. The second kappa shape index (κ2) is 8.47. The molecule has 2 heterocycles. The van der Waals surface area contributed by atoms with E-state index in [4.69, 9.17) is 0 Å². The quantitative estimate of drug-likeness (QED) is 0.836. The second-order valence-corrected chi connectivity index (χ2v) is 6.51. The second-order valence-electron chi connectivity index (χ2n) is 6.51. The standard InChI is InChI=1S/C20H24N4O2/c1-15(25)21-12-16-4-7-18(8-5-16)20(26)23-14-17-6-9-19(22-13-17)24-10-2-3-11-24/h4-9,13H,2-3,10-12,14H2,1H3,(H,21,25)(H,23,26). The van der Waals surface area contributed by atoms with Crippen LogP contribution < -0.4 is 15.5 Å². The zero-order valence-electron chi connectivity index (χ0n) is 15.0. The molecule has 1 fully saturated rings. The zero-order valence-corrected chi connectivity index (χ0v) is 15.0. The molecule has 0 unspecified atom stereocenters. The number of nitrogens with one attached hydrogen (secondary N) is 2. The molecule has 2 N–H and O–H groups in total. The molecule has 0 aliphatic carbocycles. The number of hydrogen-bond acceptors (Lipinski definition) is 4. The number of hydrogen-bond donors (Lipinski definition) is 2. The average Bonchev–Trinajstić information content (AvgIpc) is 3.20. The van der Waals surface area contributed by atoms with Crippen LogP contribution in [-0.4, -0.2) is 29.9 Å². The Morgan fingerprint density at radius 3 is 2.23 bits per heavy atom. The summed E-state index contributed by atoms with van der Waals surface area (Å²) < 4.78 is 0. The monoisotopic (exact) mass is 352 g/mol. The number of carbonyl (C=O) groups is 2. The lowest BCUT2D eigenvalue weighted by atomic mass is 10.1. The summed E-state index contributed by atoms with van der Waals surface area (Å²) in [5.74, 6) is 0.809. The van der Waals surface area contributed by atoms with E-state index in [9.17, 15) is 9.59 Å². The first kappa shape index (κ1) is 17.9. The van der Waals surface area contributed by atoms with E-state index in [1.807, 2.05) is 30.5 Å². The fraction of sp³-hybridized carbons (Fsp3) is 0.350. The van der Waals surface area contributed by atoms with Gasteiger partial charge in [-0.25, -0.2) is 4.98 Å². The third-order valence-corrected chi connectivity index (χ3v) is 4.45. The zero-order chi connectivity index (χ0) is 18.4. The Balaban J connectivity index is 1.50. The lowest BCUT2D eigenvalue weighted by molar-refractivity contribution is -0.119. The Hall–Kier alpha value is -2.89. The van der Waals surface area contributed by atoms with Crippen molar-refractivity contribution < 1.29 is 9.59 Å². The minimum atomic E-state index is -0.125. The molecule has 2 aromatic rings. The number of aromatic nitrogens is 1. The van der Waals surface area contributed by atoms with Crippen LogP contribution in [0.4, 0.5) is 5.82 Å². The SMILES string of the molecule is CC(=O)NCc1ccc(C(=O)NCc2ccc(N3CCCC3)nc2)cc1. The highest BCUT2D eigenvalue weighted by Crippen LogP contribution is 2.17. The van der Waals surface area contributed by atoms with Crippen LogP contribution >= 0.6 is 0 Å². The smallest absolute Gasteiger partial charge is 0.251 e. The molecule has 6 heteroatoms. The average molecular weight is 352 g/mol. The van der Waals surface area contributed by atoms with Gasteiger partial charge in [0, 0.05) is 44.9 Å². The van der Waals surface area contributed by atoms with Crippen molar-refractivity contribution in [2.45, 2.75) is 32.9 Å². The van der Waals surface area contributed by atoms with Crippen molar-refractivity contribution in [3.05, 3.63) is 59.3 Å². The van der Waals surface area contributed by atoms with Crippen molar-refractivity contribution in [3.63, 3.8) is 0 Å². The first-order valence-corrected chi connectivity index (χ1v) is 8.93. The maximum atomic E-state index is 12.3. The van der Waals surface area contributed by atoms with Crippen LogP contribution in [0.3, 0.4) is 0 Å². The van der Waals surface area contributed by atoms with Crippen LogP contribution in [0.15, 0.2) is 42.6 Å². The molecule has 0 saturated carbocycles. The number of pyridine rings is 1. The van der Waals surface area contributed by atoms with Gasteiger partial charge in [-0.05, 0) is 42.2 Å². The topological polar surface area (TPSA) is 74.3 Å². The minimum absolute atomic E-state index is 0.0730. The molecule has 1 aliphatic rings. The van der Waals surface area contributed by atoms with E-state index in [-0.39, 0.29) is 11.8 Å². The van der Waals surface area contributed by atoms with Crippen LogP contribution in [0.2, 0.25) is 0 Å². The summed E-state index contributed by atoms with van der Waals surface area (Å²) in [6, 6.07) is 11.2. The van der Waals surface area contributed by atoms with Crippen molar-refractivity contribution in [2.75, 3.05) is 18.0 Å². The molecule has 1 aromatic heterocycles. The van der Waals surface area contributed by atoms with Gasteiger partial charge in [-0.15, -0.1) is 0 Å². The van der Waals surface area contributed by atoms with Crippen LogP contribution in [0.1, 0.15) is 41.3 Å². The molecule has 2 amide bonds. The summed E-state index contributed by atoms with van der Waals surface area (Å²) in [6.45, 7) is 4.53. The predicted molar refractivity (Wildman–Crippen MR) is 101 cm³/mol. The normalized spacial score (nSPS) is 13.5. The van der Waals surface area contributed by atoms with Gasteiger partial charge in [-0.3, -0.25) is 9.59 Å². The number of carbonyl (C=O) groups excluding carboxylic acids is 2. The predicted octanol–water partition coefficient (Wildman–Crippen LogP) is 2.25. The molecule has 136 valence electrons. The van der Waals surface area contributed by atoms with Gasteiger partial charge >= 0.3 is 0 Å². The van der Waals surface area contributed by atoms with Gasteiger partial charge in [0.15, 0.2) is 0 Å². The maximum absolute atomic E-state index is 12.3. The summed E-state index contributed by atoms with van der Waals surface area (Å²) in [5, 5.41) is 5.64. The van der Waals surface area contributed by atoms with Gasteiger partial charge < -0.3 is 15.5 Å². The third-order valence-electron chi connectivity index (χ3n) is 4.45. The molecule has 0 radical (unpaired) electrons. The highest BCUT2D eigenvalue weighted by Gasteiger charge is 2.13. The highest BCUT2D eigenvalue weighted by molar-refractivity contribution is 5.94. The molecule has 1 aromatic carbocycles. The summed E-state index contributed by atoms with van der Waals surface area (Å²) >= 11 is 0. The fourth-order valence-corrected chi connectivity index (χ4v) is 2.94. The lowest BCUT2D eigenvalue weighted by Crippen LogP contribution is -2.23. The maximum Gasteiger partial charge on any atom is 0.251 e. The number of anilines is 1. The highest BCUT2D eigenvalue weighted by atomic mass is 16.2. The Kier molecular flexibility index (Phi) is 5.84. The number of benzene rings is 1. The van der Waals surface area contributed by atoms with Crippen LogP contribution in [0.25, 0.3) is 0 Å². The van der Waals surface area contributed by atoms with Crippen LogP contribution in [-0.2, 0) is 17.9 Å². The Labute approximate surface area is 153 Å². The lowest BCUT2D eigenvalue weighted by Gasteiger charge is -2.16. The van der Waals surface area contributed by atoms with E-state index in [2.05, 4.69) is 20.5 Å². The molecule has 0 atom stereocenters. The fourth-order valence-electron chi connectivity index (χ4n) is 2.94. The van der Waals surface area contributed by atoms with Crippen molar-refractivity contribution in [1.29, 1.82) is 0 Å². The van der Waals surface area contributed by atoms with Crippen molar-refractivity contribution in [2.24, 2.45) is 0 Å². The van der Waals surface area contributed by atoms with Gasteiger partial charge in [0.2, 0.25) is 5.91 Å². The van der Waals surface area contributed by atoms with E-state index in [0.717, 1.165) is 30.0 Å². The number of nitrogens with zero attached hydrogens (tertiary/aromatic N) is 2. The van der Waals surface area contributed by atoms with Gasteiger partial charge in [0.05, 0.1) is 0 Å². The Morgan fingerprint density at radius 2 is 1.62 bits per heavy atom. The molecular formula is C20H24N4O2. The molecule has 0 spiro atoms. The largest absolute Gasteiger partial charge is 0.357 e. The Bertz CT molecular complexity index is 750. The molecule has 6 nitrogen and oxygen atoms in total. The summed E-state index contributed by atoms with van der Waals surface area (Å²) in [5.41, 5.74) is 2.53. The number of rotatable bonds is 6. The van der Waals surface area contributed by atoms with Gasteiger partial charge in [-0.2, -0.15) is 0 Å². The molecule has 1 saturated heterocycles. The van der Waals surface area contributed by atoms with Crippen molar-refractivity contribution in [3.8, 4) is 0 Å². The van der Waals surface area contributed by atoms with Crippen LogP contribution in [0, 0.1) is 0 Å². The van der Waals surface area contributed by atoms with Gasteiger partial charge in [-0.1, -0.05) is 18.2 Å². The van der Waals surface area contributed by atoms with Gasteiger partial charge in [0.25, 0.3) is 5.91 Å².